The van der Waals surface area contributed by atoms with Gasteiger partial charge in [-0.15, -0.1) is 0 Å². The number of pyridine rings is 1. The van der Waals surface area contributed by atoms with E-state index in [9.17, 15) is 9.18 Å². The lowest BCUT2D eigenvalue weighted by Crippen LogP contribution is -2.13. The van der Waals surface area contributed by atoms with E-state index >= 15 is 0 Å². The van der Waals surface area contributed by atoms with Crippen molar-refractivity contribution in [2.24, 2.45) is 5.92 Å². The van der Waals surface area contributed by atoms with Gasteiger partial charge in [-0.25, -0.2) is 4.39 Å². The fourth-order valence-corrected chi connectivity index (χ4v) is 2.75. The van der Waals surface area contributed by atoms with Gasteiger partial charge in [0.05, 0.1) is 5.52 Å². The summed E-state index contributed by atoms with van der Waals surface area (Å²) in [6.45, 7) is 0.200. The summed E-state index contributed by atoms with van der Waals surface area (Å²) in [5, 5.41) is 3.63. The minimum Gasteiger partial charge on any atom is -0.489 e. The van der Waals surface area contributed by atoms with Crippen molar-refractivity contribution in [3.8, 4) is 5.75 Å². The van der Waals surface area contributed by atoms with Crippen LogP contribution >= 0.6 is 0 Å². The lowest BCUT2D eigenvalue weighted by Gasteiger charge is -2.11. The molecule has 1 amide bonds. The van der Waals surface area contributed by atoms with Crippen LogP contribution in [0.5, 0.6) is 5.75 Å². The zero-order valence-electron chi connectivity index (χ0n) is 13.5. The Hall–Kier alpha value is -2.95. The molecule has 3 aromatic rings. The van der Waals surface area contributed by atoms with E-state index in [2.05, 4.69) is 10.3 Å². The lowest BCUT2D eigenvalue weighted by molar-refractivity contribution is -0.117. The van der Waals surface area contributed by atoms with Crippen molar-refractivity contribution >= 4 is 22.5 Å². The predicted molar refractivity (Wildman–Crippen MR) is 93.8 cm³/mol. The van der Waals surface area contributed by atoms with Crippen LogP contribution in [0.3, 0.4) is 0 Å². The number of carbonyl (C=O) groups excluding carboxylic acids is 1. The van der Waals surface area contributed by atoms with Crippen LogP contribution in [0, 0.1) is 11.7 Å². The summed E-state index contributed by atoms with van der Waals surface area (Å²) < 4.78 is 19.6. The second kappa shape index (κ2) is 6.51. The Balaban J connectivity index is 1.50. The number of hydrogen-bond donors (Lipinski definition) is 1. The van der Waals surface area contributed by atoms with Gasteiger partial charge in [-0.05, 0) is 43.2 Å². The average molecular weight is 336 g/mol. The number of rotatable bonds is 5. The van der Waals surface area contributed by atoms with Crippen molar-refractivity contribution in [3.63, 3.8) is 0 Å². The van der Waals surface area contributed by atoms with E-state index in [0.29, 0.717) is 17.0 Å². The summed E-state index contributed by atoms with van der Waals surface area (Å²) in [6.07, 6.45) is 3.60. The van der Waals surface area contributed by atoms with Crippen LogP contribution in [-0.2, 0) is 11.4 Å². The molecule has 1 N–H and O–H groups in total. The Morgan fingerprint density at radius 2 is 2.08 bits per heavy atom. The van der Waals surface area contributed by atoms with Crippen molar-refractivity contribution in [1.29, 1.82) is 0 Å². The van der Waals surface area contributed by atoms with E-state index in [-0.39, 0.29) is 24.2 Å². The number of benzene rings is 2. The molecular formula is C20H17FN2O2. The molecule has 1 aliphatic rings. The van der Waals surface area contributed by atoms with Gasteiger partial charge in [-0.3, -0.25) is 9.78 Å². The van der Waals surface area contributed by atoms with Gasteiger partial charge in [0.15, 0.2) is 0 Å². The van der Waals surface area contributed by atoms with Crippen LogP contribution in [-0.4, -0.2) is 10.9 Å². The second-order valence-electron chi connectivity index (χ2n) is 6.22. The van der Waals surface area contributed by atoms with E-state index in [4.69, 9.17) is 4.74 Å². The normalized spacial score (nSPS) is 13.6. The minimum atomic E-state index is -0.315. The third-order valence-corrected chi connectivity index (χ3v) is 4.19. The largest absolute Gasteiger partial charge is 0.489 e. The smallest absolute Gasteiger partial charge is 0.227 e. The quantitative estimate of drug-likeness (QED) is 0.756. The number of fused-ring (bicyclic) bond motifs is 1. The summed E-state index contributed by atoms with van der Waals surface area (Å²) in [4.78, 5) is 16.2. The van der Waals surface area contributed by atoms with Crippen molar-refractivity contribution in [3.05, 3.63) is 66.1 Å². The number of ether oxygens (including phenoxy) is 1. The van der Waals surface area contributed by atoms with Gasteiger partial charge in [0, 0.05) is 34.8 Å². The Kier molecular flexibility index (Phi) is 4.06. The number of anilines is 1. The summed E-state index contributed by atoms with van der Waals surface area (Å²) in [5.41, 5.74) is 2.11. The third kappa shape index (κ3) is 3.60. The van der Waals surface area contributed by atoms with Gasteiger partial charge in [0.2, 0.25) is 5.91 Å². The molecule has 1 heterocycles. The highest BCUT2D eigenvalue weighted by Crippen LogP contribution is 2.30. The van der Waals surface area contributed by atoms with Crippen molar-refractivity contribution in [1.82, 2.24) is 4.98 Å². The van der Waals surface area contributed by atoms with Crippen molar-refractivity contribution in [2.45, 2.75) is 19.4 Å². The molecule has 0 unspecified atom stereocenters. The highest BCUT2D eigenvalue weighted by Gasteiger charge is 2.29. The van der Waals surface area contributed by atoms with E-state index < -0.39 is 0 Å². The highest BCUT2D eigenvalue weighted by molar-refractivity contribution is 5.94. The molecule has 2 aromatic carbocycles. The minimum absolute atomic E-state index is 0.0532. The molecule has 0 atom stereocenters. The van der Waals surface area contributed by atoms with E-state index in [1.165, 1.54) is 12.1 Å². The molecule has 1 saturated carbocycles. The molecule has 0 saturated heterocycles. The monoisotopic (exact) mass is 336 g/mol. The molecule has 1 aromatic heterocycles. The van der Waals surface area contributed by atoms with Crippen molar-refractivity contribution in [2.75, 3.05) is 5.32 Å². The number of carbonyl (C=O) groups is 1. The van der Waals surface area contributed by atoms with Crippen LogP contribution in [0.15, 0.2) is 54.7 Å². The van der Waals surface area contributed by atoms with E-state index in [0.717, 1.165) is 23.7 Å². The Labute approximate surface area is 144 Å². The number of aromatic nitrogens is 1. The molecule has 4 rings (SSSR count). The molecule has 0 bridgehead atoms. The average Bonchev–Trinajstić information content (AvgIpc) is 3.45. The number of amides is 1. The van der Waals surface area contributed by atoms with Crippen LogP contribution in [0.4, 0.5) is 10.1 Å². The molecule has 4 nitrogen and oxygen atoms in total. The molecule has 1 aliphatic carbocycles. The van der Waals surface area contributed by atoms with E-state index in [1.54, 1.807) is 18.3 Å². The summed E-state index contributed by atoms with van der Waals surface area (Å²) >= 11 is 0. The van der Waals surface area contributed by atoms with Gasteiger partial charge >= 0.3 is 0 Å². The first-order chi connectivity index (χ1) is 12.2. The van der Waals surface area contributed by atoms with Gasteiger partial charge in [-0.1, -0.05) is 12.1 Å². The molecule has 0 radical (unpaired) electrons. The Morgan fingerprint density at radius 1 is 1.20 bits per heavy atom. The summed E-state index contributed by atoms with van der Waals surface area (Å²) in [7, 11) is 0. The number of halogens is 1. The molecule has 126 valence electrons. The van der Waals surface area contributed by atoms with Crippen LogP contribution in [0.25, 0.3) is 10.9 Å². The zero-order chi connectivity index (χ0) is 17.2. The van der Waals surface area contributed by atoms with Gasteiger partial charge < -0.3 is 10.1 Å². The van der Waals surface area contributed by atoms with Gasteiger partial charge in [-0.2, -0.15) is 0 Å². The molecule has 25 heavy (non-hydrogen) atoms. The fourth-order valence-electron chi connectivity index (χ4n) is 2.75. The maximum atomic E-state index is 13.8. The third-order valence-electron chi connectivity index (χ3n) is 4.19. The van der Waals surface area contributed by atoms with Crippen LogP contribution in [0.2, 0.25) is 0 Å². The topological polar surface area (TPSA) is 51.2 Å². The number of nitrogens with zero attached hydrogens (tertiary/aromatic N) is 1. The Bertz CT molecular complexity index is 938. The second-order valence-corrected chi connectivity index (χ2v) is 6.22. The maximum absolute atomic E-state index is 13.8. The lowest BCUT2D eigenvalue weighted by atomic mass is 10.1. The highest BCUT2D eigenvalue weighted by atomic mass is 19.1. The molecule has 0 aliphatic heterocycles. The van der Waals surface area contributed by atoms with Crippen LogP contribution in [0.1, 0.15) is 18.4 Å². The first-order valence-corrected chi connectivity index (χ1v) is 8.26. The molecule has 5 heteroatoms. The first-order valence-electron chi connectivity index (χ1n) is 8.26. The fraction of sp³-hybridized carbons (Fsp3) is 0.200. The molecular weight excluding hydrogens is 319 g/mol. The summed E-state index contributed by atoms with van der Waals surface area (Å²) in [6, 6.07) is 13.7. The number of hydrogen-bond acceptors (Lipinski definition) is 3. The molecule has 0 spiro atoms. The standard InChI is InChI=1S/C20H17FN2O2/c21-16-9-14-3-2-8-22-19(14)15(10-16)12-25-18-5-1-4-17(11-18)23-20(24)13-6-7-13/h1-5,8-11,13H,6-7,12H2,(H,23,24). The summed E-state index contributed by atoms with van der Waals surface area (Å²) in [5.74, 6) is 0.498. The predicted octanol–water partition coefficient (Wildman–Crippen LogP) is 4.30. The van der Waals surface area contributed by atoms with Gasteiger partial charge in [0.1, 0.15) is 18.2 Å². The SMILES string of the molecule is O=C(Nc1cccc(OCc2cc(F)cc3cccnc23)c1)C1CC1. The van der Waals surface area contributed by atoms with E-state index in [1.807, 2.05) is 24.3 Å². The van der Waals surface area contributed by atoms with Gasteiger partial charge in [0.25, 0.3) is 0 Å². The molecule has 1 fully saturated rings. The van der Waals surface area contributed by atoms with Crippen LogP contribution < -0.4 is 10.1 Å². The first kappa shape index (κ1) is 15.6. The van der Waals surface area contributed by atoms with Crippen molar-refractivity contribution < 1.29 is 13.9 Å². The Morgan fingerprint density at radius 3 is 2.92 bits per heavy atom. The maximum Gasteiger partial charge on any atom is 0.227 e. The zero-order valence-corrected chi connectivity index (χ0v) is 13.5. The number of nitrogens with one attached hydrogen (secondary N) is 1.